The Morgan fingerprint density at radius 1 is 1.02 bits per heavy atom. The standard InChI is InChI=1S/C35H56O8/c1-21(9-8-13-30(2,3)41)26-27(39)28(40)33(7)24-11-10-23-31(4,5)25(43-29(22(38)19-37)42-18-17-36)12-14-34(23)20-35(24,34)16-15-32(26,33)6/h17,19,21-27,29,38-39,41H,8-16,18,20H2,1-7H3/t21-,22-,23+,24+,25+,26?,27+,29+,32-,33-,34-,35+/m1/s1. The fraction of sp³-hybridized carbons (Fsp3) is 0.914. The summed E-state index contributed by atoms with van der Waals surface area (Å²) in [5.41, 5.74) is -1.61. The van der Waals surface area contributed by atoms with Crippen LogP contribution in [0.1, 0.15) is 113 Å². The Hall–Kier alpha value is -1.19. The zero-order valence-electron chi connectivity index (χ0n) is 27.4. The first-order chi connectivity index (χ1) is 20.0. The van der Waals surface area contributed by atoms with Gasteiger partial charge in [-0.25, -0.2) is 0 Å². The van der Waals surface area contributed by atoms with E-state index in [1.807, 2.05) is 13.8 Å². The molecule has 0 bridgehead atoms. The van der Waals surface area contributed by atoms with E-state index < -0.39 is 29.5 Å². The molecule has 5 aliphatic carbocycles. The first kappa shape index (κ1) is 33.2. The maximum Gasteiger partial charge on any atom is 0.191 e. The number of aliphatic hydroxyl groups excluding tert-OH is 2. The second-order valence-electron chi connectivity index (χ2n) is 16.8. The lowest BCUT2D eigenvalue weighted by atomic mass is 9.41. The lowest BCUT2D eigenvalue weighted by Crippen LogP contribution is -2.59. The van der Waals surface area contributed by atoms with E-state index in [4.69, 9.17) is 9.47 Å². The van der Waals surface area contributed by atoms with E-state index in [2.05, 4.69) is 34.6 Å². The van der Waals surface area contributed by atoms with Gasteiger partial charge in [-0.2, -0.15) is 0 Å². The molecule has 0 aliphatic heterocycles. The van der Waals surface area contributed by atoms with Gasteiger partial charge in [-0.1, -0.05) is 47.5 Å². The molecule has 8 nitrogen and oxygen atoms in total. The third kappa shape index (κ3) is 4.75. The Bertz CT molecular complexity index is 1100. The number of Topliss-reactive ketones (excluding diaryl/α,β-unsaturated/α-hetero) is 1. The molecule has 0 aromatic heterocycles. The van der Waals surface area contributed by atoms with Crippen LogP contribution in [-0.2, 0) is 23.9 Å². The Balaban J connectivity index is 1.38. The summed E-state index contributed by atoms with van der Waals surface area (Å²) in [5.74, 6) is 0.757. The number of carbonyl (C=O) groups is 3. The van der Waals surface area contributed by atoms with Crippen molar-refractivity contribution < 1.29 is 39.2 Å². The molecule has 43 heavy (non-hydrogen) atoms. The number of aliphatic hydroxyl groups is 3. The molecule has 5 aliphatic rings. The van der Waals surface area contributed by atoms with Gasteiger partial charge in [-0.3, -0.25) is 4.79 Å². The first-order valence-electron chi connectivity index (χ1n) is 16.8. The molecule has 244 valence electrons. The van der Waals surface area contributed by atoms with Crippen molar-refractivity contribution in [2.75, 3.05) is 6.61 Å². The zero-order chi connectivity index (χ0) is 31.8. The van der Waals surface area contributed by atoms with E-state index in [9.17, 15) is 29.7 Å². The average molecular weight is 605 g/mol. The van der Waals surface area contributed by atoms with Gasteiger partial charge < -0.3 is 34.4 Å². The van der Waals surface area contributed by atoms with Crippen LogP contribution in [0.2, 0.25) is 0 Å². The highest BCUT2D eigenvalue weighted by Gasteiger charge is 2.84. The van der Waals surface area contributed by atoms with Crippen LogP contribution in [0.5, 0.6) is 0 Å². The van der Waals surface area contributed by atoms with Gasteiger partial charge in [0.05, 0.1) is 11.7 Å². The van der Waals surface area contributed by atoms with Gasteiger partial charge in [-0.15, -0.1) is 0 Å². The largest absolute Gasteiger partial charge is 0.390 e. The zero-order valence-corrected chi connectivity index (χ0v) is 27.4. The molecule has 0 aromatic carbocycles. The van der Waals surface area contributed by atoms with Crippen molar-refractivity contribution in [1.82, 2.24) is 0 Å². The second-order valence-corrected chi connectivity index (χ2v) is 16.8. The molecule has 1 unspecified atom stereocenters. The molecule has 12 atom stereocenters. The Morgan fingerprint density at radius 3 is 2.30 bits per heavy atom. The summed E-state index contributed by atoms with van der Waals surface area (Å²) >= 11 is 0. The van der Waals surface area contributed by atoms with E-state index >= 15 is 0 Å². The van der Waals surface area contributed by atoms with Crippen LogP contribution in [0.15, 0.2) is 0 Å². The lowest BCUT2D eigenvalue weighted by Gasteiger charge is -2.62. The molecular weight excluding hydrogens is 548 g/mol. The second kappa shape index (κ2) is 11.0. The minimum absolute atomic E-state index is 0.0493. The fourth-order valence-corrected chi connectivity index (χ4v) is 12.0. The fourth-order valence-electron chi connectivity index (χ4n) is 12.0. The summed E-state index contributed by atoms with van der Waals surface area (Å²) in [7, 11) is 0. The van der Waals surface area contributed by atoms with Crippen LogP contribution < -0.4 is 0 Å². The van der Waals surface area contributed by atoms with Crippen LogP contribution in [0.4, 0.5) is 0 Å². The predicted octanol–water partition coefficient (Wildman–Crippen LogP) is 4.64. The van der Waals surface area contributed by atoms with Gasteiger partial charge in [0.2, 0.25) is 0 Å². The number of carbonyl (C=O) groups excluding carboxylic acids is 3. The third-order valence-electron chi connectivity index (χ3n) is 14.1. The van der Waals surface area contributed by atoms with Gasteiger partial charge in [0.1, 0.15) is 19.0 Å². The number of hydrogen-bond acceptors (Lipinski definition) is 8. The quantitative estimate of drug-likeness (QED) is 0.217. The van der Waals surface area contributed by atoms with Gasteiger partial charge in [0.15, 0.2) is 24.5 Å². The molecule has 0 aromatic rings. The first-order valence-corrected chi connectivity index (χ1v) is 16.8. The van der Waals surface area contributed by atoms with Gasteiger partial charge in [-0.05, 0) is 105 Å². The highest BCUT2D eigenvalue weighted by molar-refractivity contribution is 5.93. The van der Waals surface area contributed by atoms with E-state index in [-0.39, 0.29) is 57.9 Å². The molecule has 2 spiro atoms. The van der Waals surface area contributed by atoms with Crippen LogP contribution in [0.3, 0.4) is 0 Å². The topological polar surface area (TPSA) is 130 Å². The van der Waals surface area contributed by atoms with Crippen molar-refractivity contribution in [3.63, 3.8) is 0 Å². The minimum Gasteiger partial charge on any atom is -0.390 e. The molecule has 5 rings (SSSR count). The monoisotopic (exact) mass is 604 g/mol. The molecule has 0 radical (unpaired) electrons. The lowest BCUT2D eigenvalue weighted by molar-refractivity contribution is -0.249. The van der Waals surface area contributed by atoms with Crippen LogP contribution in [-0.4, -0.2) is 70.5 Å². The summed E-state index contributed by atoms with van der Waals surface area (Å²) in [5, 5.41) is 32.1. The van der Waals surface area contributed by atoms with E-state index in [1.165, 1.54) is 0 Å². The molecular formula is C35H56O8. The maximum absolute atomic E-state index is 14.3. The number of ketones is 1. The molecule has 0 amide bonds. The van der Waals surface area contributed by atoms with Gasteiger partial charge in [0, 0.05) is 11.3 Å². The number of rotatable bonds is 12. The van der Waals surface area contributed by atoms with Crippen molar-refractivity contribution >= 4 is 18.4 Å². The number of aldehydes is 2. The van der Waals surface area contributed by atoms with Crippen molar-refractivity contribution in [3.05, 3.63) is 0 Å². The van der Waals surface area contributed by atoms with Crippen LogP contribution in [0, 0.1) is 50.7 Å². The van der Waals surface area contributed by atoms with Crippen molar-refractivity contribution in [3.8, 4) is 0 Å². The molecule has 3 N–H and O–H groups in total. The number of hydrogen-bond donors (Lipinski definition) is 3. The summed E-state index contributed by atoms with van der Waals surface area (Å²) in [6, 6.07) is 0. The smallest absolute Gasteiger partial charge is 0.191 e. The van der Waals surface area contributed by atoms with E-state index in [1.54, 1.807) is 0 Å². The number of ether oxygens (including phenoxy) is 2. The summed E-state index contributed by atoms with van der Waals surface area (Å²) in [6.07, 6.45) is 6.36. The minimum atomic E-state index is -1.46. The number of fused-ring (bicyclic) bond motifs is 2. The Labute approximate surface area is 257 Å². The van der Waals surface area contributed by atoms with E-state index in [0.29, 0.717) is 24.9 Å². The molecule has 0 heterocycles. The van der Waals surface area contributed by atoms with Crippen molar-refractivity contribution in [2.45, 2.75) is 143 Å². The predicted molar refractivity (Wildman–Crippen MR) is 161 cm³/mol. The summed E-state index contributed by atoms with van der Waals surface area (Å²) in [4.78, 5) is 36.5. The van der Waals surface area contributed by atoms with Gasteiger partial charge >= 0.3 is 0 Å². The molecule has 0 saturated heterocycles. The Kier molecular flexibility index (Phi) is 8.46. The SMILES string of the molecule is C[C@H](CCCC(C)(C)O)C1[C@H](O)C(=O)[C@@]2(C)[C@@H]3CC[C@H]4C(C)(C)[C@@H](O[C@H](OCC=O)[C@H](O)C=O)CC[C@@]45C[C@@]35CC[C@]12C. The highest BCUT2D eigenvalue weighted by atomic mass is 16.7. The average Bonchev–Trinajstić information content (AvgIpc) is 3.57. The molecule has 5 fully saturated rings. The summed E-state index contributed by atoms with van der Waals surface area (Å²) < 4.78 is 11.7. The Morgan fingerprint density at radius 2 is 1.67 bits per heavy atom. The third-order valence-corrected chi connectivity index (χ3v) is 14.1. The van der Waals surface area contributed by atoms with Crippen molar-refractivity contribution in [2.24, 2.45) is 50.7 Å². The molecule has 8 heteroatoms. The normalized spacial score (nSPS) is 45.2. The van der Waals surface area contributed by atoms with Gasteiger partial charge in [0.25, 0.3) is 0 Å². The highest BCUT2D eigenvalue weighted by Crippen LogP contribution is 2.88. The van der Waals surface area contributed by atoms with E-state index in [0.717, 1.165) is 57.8 Å². The van der Waals surface area contributed by atoms with Crippen LogP contribution >= 0.6 is 0 Å². The molecule has 5 saturated carbocycles. The maximum atomic E-state index is 14.3. The summed E-state index contributed by atoms with van der Waals surface area (Å²) in [6.45, 7) is 14.5. The van der Waals surface area contributed by atoms with Crippen LogP contribution in [0.25, 0.3) is 0 Å². The van der Waals surface area contributed by atoms with Crippen molar-refractivity contribution in [1.29, 1.82) is 0 Å².